The number of nitrogens with one attached hydrogen (secondary N) is 1. The number of carbonyl (C=O) groups is 1. The first kappa shape index (κ1) is 19.3. The molecule has 0 saturated carbocycles. The van der Waals surface area contributed by atoms with Gasteiger partial charge in [0.15, 0.2) is 0 Å². The van der Waals surface area contributed by atoms with Crippen LogP contribution < -0.4 is 5.32 Å². The number of hydrogen-bond acceptors (Lipinski definition) is 4. The van der Waals surface area contributed by atoms with Crippen molar-refractivity contribution in [2.45, 2.75) is 37.0 Å². The lowest BCUT2D eigenvalue weighted by Crippen LogP contribution is -2.45. The third-order valence-corrected chi connectivity index (χ3v) is 7.16. The fourth-order valence-electron chi connectivity index (χ4n) is 3.78. The molecule has 2 aliphatic heterocycles. The van der Waals surface area contributed by atoms with E-state index in [9.17, 15) is 13.2 Å². The zero-order valence-electron chi connectivity index (χ0n) is 15.3. The van der Waals surface area contributed by atoms with Crippen LogP contribution in [0.15, 0.2) is 35.2 Å². The van der Waals surface area contributed by atoms with Crippen molar-refractivity contribution in [2.75, 3.05) is 39.3 Å². The largest absolute Gasteiger partial charge is 0.356 e. The molecule has 1 aromatic rings. The molecule has 0 aliphatic carbocycles. The standard InChI is InChI=1S/C19H29N3O3S/c23-19(20-11-7-14-21-12-4-5-13-21)17-8-6-15-22(16-17)26(24,25)18-9-2-1-3-10-18/h1-3,9-10,17H,4-8,11-16H2,(H,20,23). The van der Waals surface area contributed by atoms with Gasteiger partial charge in [0.2, 0.25) is 15.9 Å². The average Bonchev–Trinajstić information content (AvgIpc) is 3.19. The summed E-state index contributed by atoms with van der Waals surface area (Å²) in [7, 11) is -3.52. The van der Waals surface area contributed by atoms with E-state index in [1.165, 1.54) is 30.2 Å². The second kappa shape index (κ2) is 8.97. The van der Waals surface area contributed by atoms with Gasteiger partial charge in [0.25, 0.3) is 0 Å². The van der Waals surface area contributed by atoms with Crippen molar-refractivity contribution < 1.29 is 13.2 Å². The maximum absolute atomic E-state index is 12.8. The van der Waals surface area contributed by atoms with E-state index in [0.29, 0.717) is 18.0 Å². The summed E-state index contributed by atoms with van der Waals surface area (Å²) < 4.78 is 27.0. The minimum absolute atomic E-state index is 0.0145. The van der Waals surface area contributed by atoms with Crippen molar-refractivity contribution in [3.05, 3.63) is 30.3 Å². The summed E-state index contributed by atoms with van der Waals surface area (Å²) in [6.07, 6.45) is 4.97. The van der Waals surface area contributed by atoms with E-state index < -0.39 is 10.0 Å². The van der Waals surface area contributed by atoms with Gasteiger partial charge in [0.05, 0.1) is 10.8 Å². The van der Waals surface area contributed by atoms with Gasteiger partial charge in [-0.2, -0.15) is 4.31 Å². The molecular formula is C19H29N3O3S. The Hall–Kier alpha value is -1.44. The van der Waals surface area contributed by atoms with Crippen molar-refractivity contribution in [2.24, 2.45) is 5.92 Å². The Morgan fingerprint density at radius 2 is 1.81 bits per heavy atom. The Balaban J connectivity index is 1.48. The first-order valence-electron chi connectivity index (χ1n) is 9.62. The van der Waals surface area contributed by atoms with Gasteiger partial charge in [-0.3, -0.25) is 4.79 Å². The van der Waals surface area contributed by atoms with Gasteiger partial charge in [-0.1, -0.05) is 18.2 Å². The van der Waals surface area contributed by atoms with Crippen LogP contribution in [-0.2, 0) is 14.8 Å². The number of rotatable bonds is 7. The highest BCUT2D eigenvalue weighted by atomic mass is 32.2. The van der Waals surface area contributed by atoms with E-state index in [-0.39, 0.29) is 18.4 Å². The first-order chi connectivity index (χ1) is 12.6. The van der Waals surface area contributed by atoms with E-state index in [0.717, 1.165) is 25.8 Å². The van der Waals surface area contributed by atoms with Crippen molar-refractivity contribution in [1.82, 2.24) is 14.5 Å². The molecule has 26 heavy (non-hydrogen) atoms. The minimum atomic E-state index is -3.52. The normalized spacial score (nSPS) is 22.4. The van der Waals surface area contributed by atoms with Crippen LogP contribution >= 0.6 is 0 Å². The lowest BCUT2D eigenvalue weighted by Gasteiger charge is -2.31. The Morgan fingerprint density at radius 1 is 1.08 bits per heavy atom. The zero-order valence-corrected chi connectivity index (χ0v) is 16.1. The van der Waals surface area contributed by atoms with Gasteiger partial charge in [0, 0.05) is 19.6 Å². The highest BCUT2D eigenvalue weighted by Crippen LogP contribution is 2.23. The molecular weight excluding hydrogens is 350 g/mol. The Bertz CT molecular complexity index is 687. The van der Waals surface area contributed by atoms with Crippen LogP contribution in [0.5, 0.6) is 0 Å². The molecule has 1 amide bonds. The molecule has 1 aromatic carbocycles. The van der Waals surface area contributed by atoms with E-state index in [1.54, 1.807) is 30.3 Å². The molecule has 3 rings (SSSR count). The maximum atomic E-state index is 12.8. The van der Waals surface area contributed by atoms with Gasteiger partial charge in [-0.25, -0.2) is 8.42 Å². The summed E-state index contributed by atoms with van der Waals surface area (Å²) >= 11 is 0. The number of likely N-dealkylation sites (tertiary alicyclic amines) is 1. The van der Waals surface area contributed by atoms with Crippen molar-refractivity contribution >= 4 is 15.9 Å². The van der Waals surface area contributed by atoms with Gasteiger partial charge in [0.1, 0.15) is 0 Å². The summed E-state index contributed by atoms with van der Waals surface area (Å²) in [6, 6.07) is 8.46. The molecule has 7 heteroatoms. The molecule has 1 atom stereocenters. The number of hydrogen-bond donors (Lipinski definition) is 1. The molecule has 0 spiro atoms. The van der Waals surface area contributed by atoms with Crippen LogP contribution in [-0.4, -0.2) is 62.8 Å². The van der Waals surface area contributed by atoms with Crippen LogP contribution in [0.1, 0.15) is 32.1 Å². The molecule has 0 bridgehead atoms. The van der Waals surface area contributed by atoms with E-state index in [4.69, 9.17) is 0 Å². The lowest BCUT2D eigenvalue weighted by atomic mass is 9.99. The SMILES string of the molecule is O=C(NCCCN1CCCC1)C1CCCN(S(=O)(=O)c2ccccc2)C1. The average molecular weight is 380 g/mol. The van der Waals surface area contributed by atoms with Gasteiger partial charge in [-0.15, -0.1) is 0 Å². The molecule has 2 fully saturated rings. The summed E-state index contributed by atoms with van der Waals surface area (Å²) in [4.78, 5) is 15.2. The van der Waals surface area contributed by atoms with Gasteiger partial charge in [-0.05, 0) is 63.9 Å². The molecule has 144 valence electrons. The maximum Gasteiger partial charge on any atom is 0.243 e. The molecule has 6 nitrogen and oxygen atoms in total. The molecule has 2 saturated heterocycles. The fourth-order valence-corrected chi connectivity index (χ4v) is 5.33. The molecule has 0 aromatic heterocycles. The summed E-state index contributed by atoms with van der Waals surface area (Å²) in [6.45, 7) is 4.79. The van der Waals surface area contributed by atoms with Gasteiger partial charge >= 0.3 is 0 Å². The smallest absolute Gasteiger partial charge is 0.243 e. The molecule has 2 aliphatic rings. The van der Waals surface area contributed by atoms with E-state index in [1.807, 2.05) is 0 Å². The highest BCUT2D eigenvalue weighted by Gasteiger charge is 2.33. The van der Waals surface area contributed by atoms with E-state index in [2.05, 4.69) is 10.2 Å². The van der Waals surface area contributed by atoms with Crippen LogP contribution in [0.2, 0.25) is 0 Å². The van der Waals surface area contributed by atoms with Crippen LogP contribution in [0.3, 0.4) is 0 Å². The molecule has 0 radical (unpaired) electrons. The molecule has 2 heterocycles. The zero-order chi connectivity index (χ0) is 18.4. The van der Waals surface area contributed by atoms with Crippen molar-refractivity contribution in [1.29, 1.82) is 0 Å². The third-order valence-electron chi connectivity index (χ3n) is 5.28. The highest BCUT2D eigenvalue weighted by molar-refractivity contribution is 7.89. The van der Waals surface area contributed by atoms with Crippen LogP contribution in [0.25, 0.3) is 0 Å². The molecule has 1 N–H and O–H groups in total. The quantitative estimate of drug-likeness (QED) is 0.732. The van der Waals surface area contributed by atoms with Gasteiger partial charge < -0.3 is 10.2 Å². The van der Waals surface area contributed by atoms with Crippen molar-refractivity contribution in [3.63, 3.8) is 0 Å². The first-order valence-corrected chi connectivity index (χ1v) is 11.1. The minimum Gasteiger partial charge on any atom is -0.356 e. The van der Waals surface area contributed by atoms with Crippen LogP contribution in [0, 0.1) is 5.92 Å². The number of nitrogens with zero attached hydrogens (tertiary/aromatic N) is 2. The lowest BCUT2D eigenvalue weighted by molar-refractivity contribution is -0.126. The van der Waals surface area contributed by atoms with Crippen LogP contribution in [0.4, 0.5) is 0 Å². The summed E-state index contributed by atoms with van der Waals surface area (Å²) in [5.41, 5.74) is 0. The summed E-state index contributed by atoms with van der Waals surface area (Å²) in [5, 5.41) is 3.00. The number of benzene rings is 1. The second-order valence-corrected chi connectivity index (χ2v) is 9.15. The second-order valence-electron chi connectivity index (χ2n) is 7.21. The predicted molar refractivity (Wildman–Crippen MR) is 101 cm³/mol. The monoisotopic (exact) mass is 379 g/mol. The predicted octanol–water partition coefficient (Wildman–Crippen LogP) is 1.69. The number of amides is 1. The summed E-state index contributed by atoms with van der Waals surface area (Å²) in [5.74, 6) is -0.270. The Labute approximate surface area is 156 Å². The third kappa shape index (κ3) is 4.84. The number of carbonyl (C=O) groups excluding carboxylic acids is 1. The van der Waals surface area contributed by atoms with Crippen molar-refractivity contribution in [3.8, 4) is 0 Å². The number of piperidine rings is 1. The topological polar surface area (TPSA) is 69.7 Å². The Kier molecular flexibility index (Phi) is 6.67. The van der Waals surface area contributed by atoms with E-state index >= 15 is 0 Å². The fraction of sp³-hybridized carbons (Fsp3) is 0.632. The molecule has 1 unspecified atom stereocenters. The number of sulfonamides is 1. The Morgan fingerprint density at radius 3 is 2.54 bits per heavy atom.